The van der Waals surface area contributed by atoms with Crippen molar-refractivity contribution in [3.05, 3.63) is 53.6 Å². The summed E-state index contributed by atoms with van der Waals surface area (Å²) in [6.07, 6.45) is 0. The number of benzene rings is 2. The van der Waals surface area contributed by atoms with E-state index in [9.17, 15) is 4.79 Å². The fourth-order valence-corrected chi connectivity index (χ4v) is 3.51. The molecule has 6 nitrogen and oxygen atoms in total. The van der Waals surface area contributed by atoms with Gasteiger partial charge >= 0.3 is 0 Å². The van der Waals surface area contributed by atoms with E-state index < -0.39 is 0 Å². The number of hydrogen-bond acceptors (Lipinski definition) is 5. The second-order valence-electron chi connectivity index (χ2n) is 6.32. The maximum Gasteiger partial charge on any atom is 0.254 e. The van der Waals surface area contributed by atoms with Gasteiger partial charge in [0.15, 0.2) is 11.5 Å². The van der Waals surface area contributed by atoms with Crippen LogP contribution in [-0.4, -0.2) is 50.8 Å². The lowest BCUT2D eigenvalue weighted by Gasteiger charge is -2.37. The Labute approximate surface area is 152 Å². The molecule has 0 bridgehead atoms. The van der Waals surface area contributed by atoms with Crippen molar-refractivity contribution >= 4 is 5.91 Å². The third kappa shape index (κ3) is 3.08. The lowest BCUT2D eigenvalue weighted by molar-refractivity contribution is 0.0630. The molecule has 1 fully saturated rings. The predicted molar refractivity (Wildman–Crippen MR) is 97.1 cm³/mol. The SMILES string of the molecule is COc1ccccc1C1CNCCN1C(=O)c1ccc2c(c1)OCCO2. The third-order valence-corrected chi connectivity index (χ3v) is 4.79. The van der Waals surface area contributed by atoms with Crippen molar-refractivity contribution in [1.29, 1.82) is 0 Å². The molecule has 26 heavy (non-hydrogen) atoms. The normalized spacial score (nSPS) is 19.1. The molecule has 0 aromatic heterocycles. The van der Waals surface area contributed by atoms with E-state index in [1.807, 2.05) is 35.2 Å². The number of nitrogens with zero attached hydrogens (tertiary/aromatic N) is 1. The molecule has 4 rings (SSSR count). The van der Waals surface area contributed by atoms with Gasteiger partial charge in [0.05, 0.1) is 13.2 Å². The van der Waals surface area contributed by atoms with Crippen LogP contribution in [0, 0.1) is 0 Å². The van der Waals surface area contributed by atoms with Crippen LogP contribution in [0.2, 0.25) is 0 Å². The number of para-hydroxylation sites is 1. The molecule has 2 aromatic rings. The van der Waals surface area contributed by atoms with Crippen molar-refractivity contribution in [3.8, 4) is 17.2 Å². The van der Waals surface area contributed by atoms with Crippen LogP contribution in [0.5, 0.6) is 17.2 Å². The second kappa shape index (κ2) is 7.25. The number of hydrogen-bond donors (Lipinski definition) is 1. The quantitative estimate of drug-likeness (QED) is 0.916. The van der Waals surface area contributed by atoms with Gasteiger partial charge in [0.25, 0.3) is 5.91 Å². The van der Waals surface area contributed by atoms with Gasteiger partial charge in [-0.25, -0.2) is 0 Å². The highest BCUT2D eigenvalue weighted by atomic mass is 16.6. The molecule has 1 N–H and O–H groups in total. The minimum atomic E-state index is -0.0828. The van der Waals surface area contributed by atoms with Gasteiger partial charge in [-0.2, -0.15) is 0 Å². The number of nitrogens with one attached hydrogen (secondary N) is 1. The van der Waals surface area contributed by atoms with Gasteiger partial charge in [0.2, 0.25) is 0 Å². The molecular weight excluding hydrogens is 332 g/mol. The summed E-state index contributed by atoms with van der Waals surface area (Å²) < 4.78 is 16.7. The molecule has 1 unspecified atom stereocenters. The molecule has 0 radical (unpaired) electrons. The Kier molecular flexibility index (Phi) is 4.67. The molecule has 2 aliphatic rings. The monoisotopic (exact) mass is 354 g/mol. The molecule has 1 amide bonds. The predicted octanol–water partition coefficient (Wildman–Crippen LogP) is 2.25. The van der Waals surface area contributed by atoms with E-state index in [-0.39, 0.29) is 11.9 Å². The molecule has 0 aliphatic carbocycles. The standard InChI is InChI=1S/C20H22N2O4/c1-24-17-5-3-2-4-15(17)16-13-21-8-9-22(16)20(23)14-6-7-18-19(12-14)26-11-10-25-18/h2-7,12,16,21H,8-11,13H2,1H3. The highest BCUT2D eigenvalue weighted by molar-refractivity contribution is 5.95. The van der Waals surface area contributed by atoms with E-state index in [2.05, 4.69) is 5.32 Å². The molecule has 0 spiro atoms. The number of carbonyl (C=O) groups excluding carboxylic acids is 1. The van der Waals surface area contributed by atoms with Gasteiger partial charge in [-0.1, -0.05) is 18.2 Å². The Morgan fingerprint density at radius 3 is 2.81 bits per heavy atom. The third-order valence-electron chi connectivity index (χ3n) is 4.79. The minimum absolute atomic E-state index is 0.0145. The zero-order chi connectivity index (χ0) is 17.9. The zero-order valence-electron chi connectivity index (χ0n) is 14.7. The van der Waals surface area contributed by atoms with Crippen LogP contribution in [0.3, 0.4) is 0 Å². The Hall–Kier alpha value is -2.73. The lowest BCUT2D eigenvalue weighted by Crippen LogP contribution is -2.48. The van der Waals surface area contributed by atoms with E-state index in [1.54, 1.807) is 19.2 Å². The van der Waals surface area contributed by atoms with E-state index in [0.29, 0.717) is 43.4 Å². The average molecular weight is 354 g/mol. The Morgan fingerprint density at radius 2 is 1.96 bits per heavy atom. The fourth-order valence-electron chi connectivity index (χ4n) is 3.51. The number of carbonyl (C=O) groups is 1. The highest BCUT2D eigenvalue weighted by Gasteiger charge is 2.31. The smallest absolute Gasteiger partial charge is 0.254 e. The van der Waals surface area contributed by atoms with Crippen LogP contribution in [-0.2, 0) is 0 Å². The van der Waals surface area contributed by atoms with Crippen molar-refractivity contribution < 1.29 is 19.0 Å². The summed E-state index contributed by atoms with van der Waals surface area (Å²) >= 11 is 0. The maximum absolute atomic E-state index is 13.2. The van der Waals surface area contributed by atoms with Gasteiger partial charge < -0.3 is 24.4 Å². The number of amides is 1. The van der Waals surface area contributed by atoms with Crippen LogP contribution < -0.4 is 19.5 Å². The van der Waals surface area contributed by atoms with Crippen molar-refractivity contribution in [2.45, 2.75) is 6.04 Å². The van der Waals surface area contributed by atoms with Crippen LogP contribution in [0.25, 0.3) is 0 Å². The molecule has 1 saturated heterocycles. The summed E-state index contributed by atoms with van der Waals surface area (Å²) in [6, 6.07) is 13.2. The van der Waals surface area contributed by atoms with Gasteiger partial charge in [0, 0.05) is 30.8 Å². The van der Waals surface area contributed by atoms with Crippen LogP contribution in [0.4, 0.5) is 0 Å². The average Bonchev–Trinajstić information content (AvgIpc) is 2.73. The lowest BCUT2D eigenvalue weighted by atomic mass is 10.0. The number of ether oxygens (including phenoxy) is 3. The van der Waals surface area contributed by atoms with Crippen molar-refractivity contribution in [2.75, 3.05) is 40.0 Å². The zero-order valence-corrected chi connectivity index (χ0v) is 14.7. The summed E-state index contributed by atoms with van der Waals surface area (Å²) in [4.78, 5) is 15.1. The summed E-state index contributed by atoms with van der Waals surface area (Å²) in [7, 11) is 1.65. The fraction of sp³-hybridized carbons (Fsp3) is 0.350. The molecule has 2 aromatic carbocycles. The van der Waals surface area contributed by atoms with E-state index >= 15 is 0 Å². The Balaban J connectivity index is 1.65. The molecule has 2 heterocycles. The first-order valence-electron chi connectivity index (χ1n) is 8.82. The van der Waals surface area contributed by atoms with Gasteiger partial charge in [0.1, 0.15) is 19.0 Å². The summed E-state index contributed by atoms with van der Waals surface area (Å²) in [6.45, 7) is 3.13. The topological polar surface area (TPSA) is 60.0 Å². The van der Waals surface area contributed by atoms with Crippen molar-refractivity contribution in [1.82, 2.24) is 10.2 Å². The minimum Gasteiger partial charge on any atom is -0.496 e. The first kappa shape index (κ1) is 16.7. The molecule has 1 atom stereocenters. The number of rotatable bonds is 3. The molecule has 6 heteroatoms. The van der Waals surface area contributed by atoms with E-state index in [1.165, 1.54) is 0 Å². The maximum atomic E-state index is 13.2. The Morgan fingerprint density at radius 1 is 1.15 bits per heavy atom. The van der Waals surface area contributed by atoms with Gasteiger partial charge in [-0.05, 0) is 24.3 Å². The van der Waals surface area contributed by atoms with Crippen LogP contribution in [0.15, 0.2) is 42.5 Å². The van der Waals surface area contributed by atoms with Crippen LogP contribution in [0.1, 0.15) is 22.0 Å². The number of methoxy groups -OCH3 is 1. The van der Waals surface area contributed by atoms with E-state index in [0.717, 1.165) is 17.9 Å². The molecule has 136 valence electrons. The molecule has 2 aliphatic heterocycles. The summed E-state index contributed by atoms with van der Waals surface area (Å²) in [5, 5.41) is 3.38. The molecule has 0 saturated carbocycles. The highest BCUT2D eigenvalue weighted by Crippen LogP contribution is 2.34. The van der Waals surface area contributed by atoms with Crippen molar-refractivity contribution in [3.63, 3.8) is 0 Å². The van der Waals surface area contributed by atoms with Gasteiger partial charge in [-0.15, -0.1) is 0 Å². The summed E-state index contributed by atoms with van der Waals surface area (Å²) in [5.41, 5.74) is 1.61. The van der Waals surface area contributed by atoms with Crippen molar-refractivity contribution in [2.24, 2.45) is 0 Å². The first-order valence-corrected chi connectivity index (χ1v) is 8.82. The number of fused-ring (bicyclic) bond motifs is 1. The first-order chi connectivity index (χ1) is 12.8. The van der Waals surface area contributed by atoms with Gasteiger partial charge in [-0.3, -0.25) is 4.79 Å². The largest absolute Gasteiger partial charge is 0.496 e. The summed E-state index contributed by atoms with van der Waals surface area (Å²) in [5.74, 6) is 2.10. The molecular formula is C20H22N2O4. The Bertz CT molecular complexity index is 808. The van der Waals surface area contributed by atoms with Crippen LogP contribution >= 0.6 is 0 Å². The second-order valence-corrected chi connectivity index (χ2v) is 6.32. The number of piperazine rings is 1. The van der Waals surface area contributed by atoms with E-state index in [4.69, 9.17) is 14.2 Å².